The van der Waals surface area contributed by atoms with Crippen LogP contribution in [-0.4, -0.2) is 20.1 Å². The predicted octanol–water partition coefficient (Wildman–Crippen LogP) is 1.72. The van der Waals surface area contributed by atoms with Crippen LogP contribution in [-0.2, 0) is 16.4 Å². The van der Waals surface area contributed by atoms with Crippen molar-refractivity contribution >= 4 is 10.0 Å². The molecule has 102 valence electrons. The molecule has 0 atom stereocenters. The molecule has 0 aliphatic carbocycles. The zero-order valence-electron chi connectivity index (χ0n) is 10.0. The number of aromatic nitrogens is 1. The lowest BCUT2D eigenvalue weighted by atomic mass is 10.2. The maximum Gasteiger partial charge on any atom is 0.240 e. The van der Waals surface area contributed by atoms with E-state index in [1.807, 2.05) is 0 Å². The number of nitrogens with one attached hydrogen (secondary N) is 1. The summed E-state index contributed by atoms with van der Waals surface area (Å²) in [4.78, 5) is 0.0545. The topological polar surface area (TPSA) is 72.2 Å². The van der Waals surface area contributed by atoms with E-state index >= 15 is 0 Å². The molecular weight excluding hydrogens is 271 g/mol. The highest BCUT2D eigenvalue weighted by atomic mass is 32.2. The summed E-state index contributed by atoms with van der Waals surface area (Å²) in [5, 5.41) is 3.56. The van der Waals surface area contributed by atoms with Gasteiger partial charge < -0.3 is 4.52 Å². The highest BCUT2D eigenvalue weighted by Gasteiger charge is 2.12. The summed E-state index contributed by atoms with van der Waals surface area (Å²) in [7, 11) is -3.57. The number of aryl methyl sites for hydroxylation is 1. The van der Waals surface area contributed by atoms with E-state index < -0.39 is 15.8 Å². The number of hydrogen-bond donors (Lipinski definition) is 1. The summed E-state index contributed by atoms with van der Waals surface area (Å²) < 4.78 is 43.5. The van der Waals surface area contributed by atoms with Crippen molar-refractivity contribution in [2.75, 3.05) is 6.54 Å². The summed E-state index contributed by atoms with van der Waals surface area (Å²) in [5.41, 5.74) is 0.918. The third kappa shape index (κ3) is 3.87. The van der Waals surface area contributed by atoms with Gasteiger partial charge in [0.15, 0.2) is 0 Å². The zero-order chi connectivity index (χ0) is 13.7. The summed E-state index contributed by atoms with van der Waals surface area (Å²) in [5.74, 6) is -0.466. The molecular formula is C12H13FN2O3S. The first-order valence-electron chi connectivity index (χ1n) is 5.71. The van der Waals surface area contributed by atoms with Gasteiger partial charge in [-0.05, 0) is 37.1 Å². The second-order valence-electron chi connectivity index (χ2n) is 3.99. The van der Waals surface area contributed by atoms with Gasteiger partial charge >= 0.3 is 0 Å². The van der Waals surface area contributed by atoms with Crippen molar-refractivity contribution in [3.8, 4) is 0 Å². The Morgan fingerprint density at radius 1 is 1.26 bits per heavy atom. The van der Waals surface area contributed by atoms with Crippen LogP contribution in [0, 0.1) is 5.82 Å². The van der Waals surface area contributed by atoms with Gasteiger partial charge in [0.1, 0.15) is 12.1 Å². The highest BCUT2D eigenvalue weighted by molar-refractivity contribution is 7.89. The Labute approximate surface area is 110 Å². The van der Waals surface area contributed by atoms with Crippen molar-refractivity contribution in [2.24, 2.45) is 0 Å². The van der Waals surface area contributed by atoms with Gasteiger partial charge in [0.25, 0.3) is 0 Å². The molecule has 7 heteroatoms. The van der Waals surface area contributed by atoms with Gasteiger partial charge in [0.2, 0.25) is 10.0 Å². The van der Waals surface area contributed by atoms with Crippen LogP contribution in [0.5, 0.6) is 0 Å². The molecule has 19 heavy (non-hydrogen) atoms. The molecule has 0 amide bonds. The van der Waals surface area contributed by atoms with E-state index in [0.717, 1.165) is 17.7 Å². The standard InChI is InChI=1S/C12H13FN2O3S/c13-11-3-5-12(6-4-11)19(16,17)15-7-1-2-10-8-14-18-9-10/h3-6,8-9,15H,1-2,7H2. The van der Waals surface area contributed by atoms with Crippen LogP contribution in [0.25, 0.3) is 0 Å². The van der Waals surface area contributed by atoms with E-state index in [2.05, 4.69) is 14.4 Å². The van der Waals surface area contributed by atoms with Gasteiger partial charge in [0.05, 0.1) is 11.1 Å². The van der Waals surface area contributed by atoms with Crippen LogP contribution in [0.2, 0.25) is 0 Å². The molecule has 0 saturated heterocycles. The average molecular weight is 284 g/mol. The summed E-state index contributed by atoms with van der Waals surface area (Å²) >= 11 is 0. The Morgan fingerprint density at radius 3 is 2.63 bits per heavy atom. The van der Waals surface area contributed by atoms with E-state index in [0.29, 0.717) is 19.4 Å². The first-order chi connectivity index (χ1) is 9.08. The molecule has 0 fully saturated rings. The number of nitrogens with zero attached hydrogens (tertiary/aromatic N) is 1. The molecule has 2 aromatic rings. The summed E-state index contributed by atoms with van der Waals surface area (Å²) in [6, 6.07) is 4.70. The van der Waals surface area contributed by atoms with E-state index in [-0.39, 0.29) is 4.90 Å². The minimum Gasteiger partial charge on any atom is -0.364 e. The Hall–Kier alpha value is -1.73. The fourth-order valence-electron chi connectivity index (χ4n) is 1.55. The highest BCUT2D eigenvalue weighted by Crippen LogP contribution is 2.09. The SMILES string of the molecule is O=S(=O)(NCCCc1cnoc1)c1ccc(F)cc1. The van der Waals surface area contributed by atoms with Crippen molar-refractivity contribution in [3.05, 3.63) is 48.1 Å². The van der Waals surface area contributed by atoms with Crippen LogP contribution in [0.4, 0.5) is 4.39 Å². The molecule has 0 unspecified atom stereocenters. The van der Waals surface area contributed by atoms with Gasteiger partial charge in [0, 0.05) is 12.1 Å². The first-order valence-corrected chi connectivity index (χ1v) is 7.20. The maximum atomic E-state index is 12.7. The molecule has 0 aliphatic rings. The minimum absolute atomic E-state index is 0.0545. The van der Waals surface area contributed by atoms with Gasteiger partial charge in [-0.15, -0.1) is 0 Å². The van der Waals surface area contributed by atoms with Crippen LogP contribution in [0.3, 0.4) is 0 Å². The largest absolute Gasteiger partial charge is 0.364 e. The molecule has 0 radical (unpaired) electrons. The van der Waals surface area contributed by atoms with E-state index in [1.165, 1.54) is 18.4 Å². The van der Waals surface area contributed by atoms with Crippen LogP contribution >= 0.6 is 0 Å². The fourth-order valence-corrected chi connectivity index (χ4v) is 2.62. The summed E-state index contributed by atoms with van der Waals surface area (Å²) in [6.45, 7) is 0.297. The van der Waals surface area contributed by atoms with E-state index in [1.54, 1.807) is 6.20 Å². The second-order valence-corrected chi connectivity index (χ2v) is 5.75. The maximum absolute atomic E-state index is 12.7. The third-order valence-corrected chi connectivity index (χ3v) is 4.02. The Morgan fingerprint density at radius 2 is 2.00 bits per heavy atom. The first kappa shape index (κ1) is 13.7. The predicted molar refractivity (Wildman–Crippen MR) is 66.4 cm³/mol. The van der Waals surface area contributed by atoms with Crippen LogP contribution in [0.15, 0.2) is 46.1 Å². The Kier molecular flexibility index (Phi) is 4.28. The molecule has 1 heterocycles. The Balaban J connectivity index is 1.86. The molecule has 1 N–H and O–H groups in total. The molecule has 5 nitrogen and oxygen atoms in total. The average Bonchev–Trinajstić information content (AvgIpc) is 2.88. The van der Waals surface area contributed by atoms with Crippen LogP contribution < -0.4 is 4.72 Å². The number of halogens is 1. The monoisotopic (exact) mass is 284 g/mol. The van der Waals surface area contributed by atoms with Gasteiger partial charge in [-0.1, -0.05) is 5.16 Å². The third-order valence-electron chi connectivity index (χ3n) is 2.54. The number of benzene rings is 1. The lowest BCUT2D eigenvalue weighted by Gasteiger charge is -2.06. The van der Waals surface area contributed by atoms with E-state index in [4.69, 9.17) is 0 Å². The molecule has 0 aliphatic heterocycles. The Bertz CT molecular complexity index is 609. The van der Waals surface area contributed by atoms with Gasteiger partial charge in [-0.2, -0.15) is 0 Å². The molecule has 0 saturated carbocycles. The molecule has 0 spiro atoms. The minimum atomic E-state index is -3.57. The smallest absolute Gasteiger partial charge is 0.240 e. The van der Waals surface area contributed by atoms with Crippen molar-refractivity contribution in [1.29, 1.82) is 0 Å². The van der Waals surface area contributed by atoms with E-state index in [9.17, 15) is 12.8 Å². The van der Waals surface area contributed by atoms with Crippen molar-refractivity contribution in [1.82, 2.24) is 9.88 Å². The van der Waals surface area contributed by atoms with Crippen molar-refractivity contribution in [3.63, 3.8) is 0 Å². The van der Waals surface area contributed by atoms with Crippen LogP contribution in [0.1, 0.15) is 12.0 Å². The molecule has 2 rings (SSSR count). The fraction of sp³-hybridized carbons (Fsp3) is 0.250. The number of rotatable bonds is 6. The van der Waals surface area contributed by atoms with Gasteiger partial charge in [-0.25, -0.2) is 17.5 Å². The van der Waals surface area contributed by atoms with Crippen molar-refractivity contribution < 1.29 is 17.3 Å². The lowest BCUT2D eigenvalue weighted by Crippen LogP contribution is -2.25. The van der Waals surface area contributed by atoms with Gasteiger partial charge in [-0.3, -0.25) is 0 Å². The second kappa shape index (κ2) is 5.94. The summed E-state index contributed by atoms with van der Waals surface area (Å²) in [6.07, 6.45) is 4.42. The quantitative estimate of drug-likeness (QED) is 0.820. The molecule has 1 aromatic carbocycles. The molecule has 0 bridgehead atoms. The lowest BCUT2D eigenvalue weighted by molar-refractivity contribution is 0.418. The van der Waals surface area contributed by atoms with Crippen molar-refractivity contribution in [2.45, 2.75) is 17.7 Å². The number of sulfonamides is 1. The number of hydrogen-bond acceptors (Lipinski definition) is 4. The normalized spacial score (nSPS) is 11.6. The molecule has 1 aromatic heterocycles. The zero-order valence-corrected chi connectivity index (χ0v) is 10.9.